The van der Waals surface area contributed by atoms with Crippen LogP contribution in [0, 0.1) is 6.92 Å². The van der Waals surface area contributed by atoms with E-state index in [-0.39, 0.29) is 31.4 Å². The van der Waals surface area contributed by atoms with Gasteiger partial charge in [0.1, 0.15) is 11.5 Å². The number of hydrogen-bond acceptors (Lipinski definition) is 6. The molecule has 0 unspecified atom stereocenters. The summed E-state index contributed by atoms with van der Waals surface area (Å²) in [6, 6.07) is 19.5. The topological polar surface area (TPSA) is 105 Å². The van der Waals surface area contributed by atoms with Crippen molar-refractivity contribution in [3.8, 4) is 11.5 Å². The van der Waals surface area contributed by atoms with Crippen molar-refractivity contribution in [3.05, 3.63) is 83.4 Å². The van der Waals surface area contributed by atoms with Gasteiger partial charge in [0.15, 0.2) is 6.61 Å². The van der Waals surface area contributed by atoms with E-state index in [2.05, 4.69) is 5.32 Å². The summed E-state index contributed by atoms with van der Waals surface area (Å²) in [5, 5.41) is 2.79. The lowest BCUT2D eigenvalue weighted by Crippen LogP contribution is -2.39. The zero-order chi connectivity index (χ0) is 26.6. The van der Waals surface area contributed by atoms with Crippen LogP contribution < -0.4 is 19.7 Å². The lowest BCUT2D eigenvalue weighted by atomic mass is 10.1. The number of ether oxygens (including phenoxy) is 2. The summed E-state index contributed by atoms with van der Waals surface area (Å²) in [6.45, 7) is 2.79. The second-order valence-electron chi connectivity index (χ2n) is 9.14. The van der Waals surface area contributed by atoms with Crippen LogP contribution in [-0.4, -0.2) is 54.8 Å². The largest absolute Gasteiger partial charge is 0.494 e. The van der Waals surface area contributed by atoms with Crippen LogP contribution in [0.1, 0.15) is 39.1 Å². The number of aryl methyl sites for hydroxylation is 1. The van der Waals surface area contributed by atoms with Crippen molar-refractivity contribution in [1.82, 2.24) is 4.90 Å². The highest BCUT2D eigenvalue weighted by atomic mass is 16.5. The van der Waals surface area contributed by atoms with E-state index in [1.54, 1.807) is 47.4 Å². The van der Waals surface area contributed by atoms with Gasteiger partial charge in [0.05, 0.1) is 23.4 Å². The maximum absolute atomic E-state index is 12.6. The molecule has 0 radical (unpaired) electrons. The number of nitrogens with one attached hydrogen (secondary N) is 1. The smallest absolute Gasteiger partial charge is 0.265 e. The van der Waals surface area contributed by atoms with Gasteiger partial charge < -0.3 is 19.7 Å². The molecule has 9 nitrogen and oxygen atoms in total. The minimum atomic E-state index is -0.398. The van der Waals surface area contributed by atoms with Crippen molar-refractivity contribution >= 4 is 35.0 Å². The molecule has 3 aromatic rings. The Morgan fingerprint density at radius 2 is 1.63 bits per heavy atom. The van der Waals surface area contributed by atoms with Gasteiger partial charge in [0.25, 0.3) is 17.7 Å². The normalized spacial score (nSPS) is 14.2. The summed E-state index contributed by atoms with van der Waals surface area (Å²) in [6.07, 6.45) is 0.550. The minimum Gasteiger partial charge on any atom is -0.494 e. The first-order chi connectivity index (χ1) is 18.4. The third-order valence-corrected chi connectivity index (χ3v) is 6.44. The molecule has 0 aliphatic carbocycles. The molecule has 4 amide bonds. The van der Waals surface area contributed by atoms with Crippen LogP contribution in [0.3, 0.4) is 0 Å². The van der Waals surface area contributed by atoms with Crippen molar-refractivity contribution in [1.29, 1.82) is 0 Å². The number of fused-ring (bicyclic) bond motifs is 2. The standard InChI is InChI=1S/C29H27N3O6/c1-19-7-10-21(11-8-19)37-16-4-14-31-24-17-20(9-12-25(24)38-18-27(31)34)30-26(33)13-15-32-28(35)22-5-2-3-6-23(22)29(32)36/h2-3,5-12,17H,4,13-16,18H2,1H3,(H,30,33). The summed E-state index contributed by atoms with van der Waals surface area (Å²) < 4.78 is 11.3. The highest BCUT2D eigenvalue weighted by molar-refractivity contribution is 6.21. The Hall–Kier alpha value is -4.66. The van der Waals surface area contributed by atoms with Gasteiger partial charge in [-0.25, -0.2) is 0 Å². The van der Waals surface area contributed by atoms with E-state index in [4.69, 9.17) is 9.47 Å². The highest BCUT2D eigenvalue weighted by Crippen LogP contribution is 2.35. The fraction of sp³-hybridized carbons (Fsp3) is 0.241. The van der Waals surface area contributed by atoms with E-state index >= 15 is 0 Å². The predicted octanol–water partition coefficient (Wildman–Crippen LogP) is 3.81. The van der Waals surface area contributed by atoms with Gasteiger partial charge in [-0.05, 0) is 55.8 Å². The molecule has 3 aromatic carbocycles. The molecule has 0 saturated carbocycles. The van der Waals surface area contributed by atoms with E-state index in [9.17, 15) is 19.2 Å². The predicted molar refractivity (Wildman–Crippen MR) is 141 cm³/mol. The molecule has 1 N–H and O–H groups in total. The average molecular weight is 514 g/mol. The Balaban J connectivity index is 1.17. The number of anilines is 2. The zero-order valence-electron chi connectivity index (χ0n) is 20.9. The molecule has 0 aromatic heterocycles. The summed E-state index contributed by atoms with van der Waals surface area (Å²) in [7, 11) is 0. The molecule has 194 valence electrons. The number of benzene rings is 3. The lowest BCUT2D eigenvalue weighted by Gasteiger charge is -2.30. The molecule has 5 rings (SSSR count). The summed E-state index contributed by atoms with van der Waals surface area (Å²) in [4.78, 5) is 53.0. The third kappa shape index (κ3) is 5.22. The van der Waals surface area contributed by atoms with Crippen LogP contribution in [0.25, 0.3) is 0 Å². The van der Waals surface area contributed by atoms with Crippen molar-refractivity contribution < 1.29 is 28.7 Å². The van der Waals surface area contributed by atoms with Crippen molar-refractivity contribution in [2.24, 2.45) is 0 Å². The Bertz CT molecular complexity index is 1370. The second kappa shape index (κ2) is 10.8. The summed E-state index contributed by atoms with van der Waals surface area (Å²) in [5.41, 5.74) is 2.90. The minimum absolute atomic E-state index is 0.0299. The van der Waals surface area contributed by atoms with E-state index in [0.717, 1.165) is 16.2 Å². The maximum atomic E-state index is 12.6. The van der Waals surface area contributed by atoms with Gasteiger partial charge in [-0.3, -0.25) is 24.1 Å². The Morgan fingerprint density at radius 1 is 0.921 bits per heavy atom. The van der Waals surface area contributed by atoms with Crippen LogP contribution in [0.4, 0.5) is 11.4 Å². The number of rotatable bonds is 9. The molecular formula is C29H27N3O6. The number of hydrogen-bond donors (Lipinski definition) is 1. The molecule has 38 heavy (non-hydrogen) atoms. The van der Waals surface area contributed by atoms with Crippen molar-refractivity contribution in [2.45, 2.75) is 19.8 Å². The molecule has 2 aliphatic heterocycles. The summed E-state index contributed by atoms with van der Waals surface area (Å²) >= 11 is 0. The molecule has 0 saturated heterocycles. The van der Waals surface area contributed by atoms with Crippen LogP contribution in [-0.2, 0) is 9.59 Å². The molecule has 0 bridgehead atoms. The number of amides is 4. The molecule has 2 aliphatic rings. The Morgan fingerprint density at radius 3 is 2.34 bits per heavy atom. The van der Waals surface area contributed by atoms with Gasteiger partial charge in [-0.1, -0.05) is 29.8 Å². The van der Waals surface area contributed by atoms with E-state index in [1.165, 1.54) is 0 Å². The molecular weight excluding hydrogens is 486 g/mol. The van der Waals surface area contributed by atoms with Crippen molar-refractivity contribution in [3.63, 3.8) is 0 Å². The Kier molecular flexibility index (Phi) is 7.08. The molecule has 9 heteroatoms. The van der Waals surface area contributed by atoms with E-state index < -0.39 is 11.8 Å². The van der Waals surface area contributed by atoms with Crippen LogP contribution in [0.5, 0.6) is 11.5 Å². The summed E-state index contributed by atoms with van der Waals surface area (Å²) in [5.74, 6) is -0.0113. The monoisotopic (exact) mass is 513 g/mol. The first kappa shape index (κ1) is 25.0. The van der Waals surface area contributed by atoms with Gasteiger partial charge >= 0.3 is 0 Å². The number of nitrogens with zero attached hydrogens (tertiary/aromatic N) is 2. The molecule has 0 fully saturated rings. The van der Waals surface area contributed by atoms with Crippen LogP contribution in [0.2, 0.25) is 0 Å². The van der Waals surface area contributed by atoms with E-state index in [1.807, 2.05) is 31.2 Å². The molecule has 0 atom stereocenters. The van der Waals surface area contributed by atoms with Crippen LogP contribution in [0.15, 0.2) is 66.7 Å². The SMILES string of the molecule is Cc1ccc(OCCCN2C(=O)COc3ccc(NC(=O)CCN4C(=O)c5ccccc5C4=O)cc32)cc1. The number of imide groups is 1. The molecule has 2 heterocycles. The Labute approximate surface area is 219 Å². The quantitative estimate of drug-likeness (QED) is 0.345. The highest BCUT2D eigenvalue weighted by Gasteiger charge is 2.35. The first-order valence-electron chi connectivity index (χ1n) is 12.4. The lowest BCUT2D eigenvalue weighted by molar-refractivity contribution is -0.121. The number of carbonyl (C=O) groups is 4. The molecule has 0 spiro atoms. The zero-order valence-corrected chi connectivity index (χ0v) is 20.9. The van der Waals surface area contributed by atoms with Gasteiger partial charge in [-0.2, -0.15) is 0 Å². The van der Waals surface area contributed by atoms with Gasteiger partial charge in [0.2, 0.25) is 5.91 Å². The first-order valence-corrected chi connectivity index (χ1v) is 12.4. The fourth-order valence-corrected chi connectivity index (χ4v) is 4.45. The van der Waals surface area contributed by atoms with Crippen molar-refractivity contribution in [2.75, 3.05) is 36.5 Å². The van der Waals surface area contributed by atoms with Crippen LogP contribution >= 0.6 is 0 Å². The number of carbonyl (C=O) groups excluding carboxylic acids is 4. The third-order valence-electron chi connectivity index (χ3n) is 6.44. The average Bonchev–Trinajstić information content (AvgIpc) is 3.16. The van der Waals surface area contributed by atoms with Gasteiger partial charge in [0, 0.05) is 25.2 Å². The second-order valence-corrected chi connectivity index (χ2v) is 9.14. The fourth-order valence-electron chi connectivity index (χ4n) is 4.45. The van der Waals surface area contributed by atoms with Gasteiger partial charge in [-0.15, -0.1) is 0 Å². The maximum Gasteiger partial charge on any atom is 0.265 e. The van der Waals surface area contributed by atoms with E-state index in [0.29, 0.717) is 47.8 Å².